The molecule has 1 saturated carbocycles. The molecule has 160 valence electrons. The maximum absolute atomic E-state index is 12.7. The van der Waals surface area contributed by atoms with Crippen LogP contribution < -0.4 is 16.2 Å². The van der Waals surface area contributed by atoms with Gasteiger partial charge in [0.2, 0.25) is 5.91 Å². The molecular formula is C22H28N4O3S. The van der Waals surface area contributed by atoms with E-state index in [4.69, 9.17) is 0 Å². The number of fused-ring (bicyclic) bond motifs is 1. The lowest BCUT2D eigenvalue weighted by atomic mass is 9.95. The maximum atomic E-state index is 12.7. The van der Waals surface area contributed by atoms with Gasteiger partial charge in [-0.3, -0.25) is 14.4 Å². The number of hydrogen-bond acceptors (Lipinski definition) is 5. The minimum absolute atomic E-state index is 0.0804. The van der Waals surface area contributed by atoms with Gasteiger partial charge in [0.05, 0.1) is 5.69 Å². The Morgan fingerprint density at radius 2 is 1.87 bits per heavy atom. The normalized spacial score (nSPS) is 17.1. The minimum atomic E-state index is -0.448. The van der Waals surface area contributed by atoms with E-state index in [1.165, 1.54) is 45.9 Å². The Morgan fingerprint density at radius 1 is 1.10 bits per heavy atom. The van der Waals surface area contributed by atoms with E-state index < -0.39 is 5.56 Å². The highest BCUT2D eigenvalue weighted by Gasteiger charge is 2.20. The molecule has 0 spiro atoms. The Bertz CT molecular complexity index is 952. The van der Waals surface area contributed by atoms with E-state index in [0.717, 1.165) is 57.1 Å². The summed E-state index contributed by atoms with van der Waals surface area (Å²) in [5, 5.41) is 6.37. The van der Waals surface area contributed by atoms with Gasteiger partial charge in [-0.15, -0.1) is 11.3 Å². The summed E-state index contributed by atoms with van der Waals surface area (Å²) in [6, 6.07) is 3.28. The van der Waals surface area contributed by atoms with Crippen molar-refractivity contribution in [1.29, 1.82) is 0 Å². The quantitative estimate of drug-likeness (QED) is 0.715. The van der Waals surface area contributed by atoms with Crippen LogP contribution in [0.5, 0.6) is 0 Å². The number of aromatic nitrogens is 2. The molecule has 4 rings (SSSR count). The summed E-state index contributed by atoms with van der Waals surface area (Å²) in [4.78, 5) is 43.6. The van der Waals surface area contributed by atoms with Gasteiger partial charge in [-0.25, -0.2) is 4.98 Å². The van der Waals surface area contributed by atoms with Crippen LogP contribution in [0.15, 0.2) is 23.1 Å². The number of thiazole rings is 1. The number of nitrogens with one attached hydrogen (secondary N) is 2. The fourth-order valence-corrected chi connectivity index (χ4v) is 5.31. The van der Waals surface area contributed by atoms with Crippen LogP contribution in [0, 0.1) is 0 Å². The van der Waals surface area contributed by atoms with Crippen LogP contribution in [0.1, 0.15) is 72.3 Å². The van der Waals surface area contributed by atoms with Gasteiger partial charge in [-0.05, 0) is 50.7 Å². The second-order valence-corrected chi connectivity index (χ2v) is 9.24. The third kappa shape index (κ3) is 4.98. The van der Waals surface area contributed by atoms with Crippen molar-refractivity contribution in [3.05, 3.63) is 44.8 Å². The molecule has 0 atom stereocenters. The van der Waals surface area contributed by atoms with Crippen molar-refractivity contribution in [3.8, 4) is 0 Å². The number of nitrogens with zero attached hydrogens (tertiary/aromatic N) is 2. The molecule has 2 aromatic heterocycles. The van der Waals surface area contributed by atoms with Crippen molar-refractivity contribution >= 4 is 28.3 Å². The molecule has 0 bridgehead atoms. The number of carbonyl (C=O) groups excluding carboxylic acids is 2. The lowest BCUT2D eigenvalue weighted by Gasteiger charge is -2.22. The zero-order valence-corrected chi connectivity index (χ0v) is 17.9. The topological polar surface area (TPSA) is 93.1 Å². The number of carbonyl (C=O) groups is 2. The second kappa shape index (κ2) is 9.55. The number of hydrogen-bond donors (Lipinski definition) is 2. The van der Waals surface area contributed by atoms with E-state index in [-0.39, 0.29) is 30.0 Å². The first-order chi connectivity index (χ1) is 14.6. The minimum Gasteiger partial charge on any atom is -0.349 e. The largest absolute Gasteiger partial charge is 0.349 e. The van der Waals surface area contributed by atoms with Crippen LogP contribution in [0.2, 0.25) is 0 Å². The average Bonchev–Trinajstić information content (AvgIpc) is 2.97. The van der Waals surface area contributed by atoms with E-state index in [1.807, 2.05) is 0 Å². The van der Waals surface area contributed by atoms with Crippen molar-refractivity contribution in [2.45, 2.75) is 76.8 Å². The monoisotopic (exact) mass is 428 g/mol. The highest BCUT2D eigenvalue weighted by Crippen LogP contribution is 2.28. The summed E-state index contributed by atoms with van der Waals surface area (Å²) in [5.41, 5.74) is 0.721. The van der Waals surface area contributed by atoms with Gasteiger partial charge in [0, 0.05) is 17.1 Å². The van der Waals surface area contributed by atoms with Gasteiger partial charge >= 0.3 is 0 Å². The van der Waals surface area contributed by atoms with E-state index in [2.05, 4.69) is 15.6 Å². The maximum Gasteiger partial charge on any atom is 0.263 e. The molecule has 2 heterocycles. The van der Waals surface area contributed by atoms with E-state index >= 15 is 0 Å². The van der Waals surface area contributed by atoms with Crippen molar-refractivity contribution in [2.24, 2.45) is 0 Å². The summed E-state index contributed by atoms with van der Waals surface area (Å²) in [5.74, 6) is -0.670. The highest BCUT2D eigenvalue weighted by atomic mass is 32.1. The van der Waals surface area contributed by atoms with Gasteiger partial charge in [-0.2, -0.15) is 0 Å². The fraction of sp³-hybridized carbons (Fsp3) is 0.545. The molecule has 2 N–H and O–H groups in total. The number of anilines is 1. The van der Waals surface area contributed by atoms with Gasteiger partial charge in [-0.1, -0.05) is 25.7 Å². The SMILES string of the molecule is O=C(Cn1cccc(C(=O)NC2CCCCC2)c1=O)Nc1nc2c(s1)CCCCC2. The van der Waals surface area contributed by atoms with E-state index in [9.17, 15) is 14.4 Å². The highest BCUT2D eigenvalue weighted by molar-refractivity contribution is 7.15. The van der Waals surface area contributed by atoms with Gasteiger partial charge < -0.3 is 15.2 Å². The predicted octanol–water partition coefficient (Wildman–Crippen LogP) is 3.27. The average molecular weight is 429 g/mol. The Morgan fingerprint density at radius 3 is 2.70 bits per heavy atom. The molecule has 8 heteroatoms. The standard InChI is InChI=1S/C22H28N4O3S/c27-19(25-22-24-17-11-5-2-6-12-18(17)30-22)14-26-13-7-10-16(21(26)29)20(28)23-15-8-3-1-4-9-15/h7,10,13,15H,1-6,8-9,11-12,14H2,(H,23,28)(H,24,25,27). The summed E-state index contributed by atoms with van der Waals surface area (Å²) in [6.45, 7) is -0.145. The van der Waals surface area contributed by atoms with Crippen molar-refractivity contribution < 1.29 is 9.59 Å². The molecule has 2 aliphatic rings. The third-order valence-electron chi connectivity index (χ3n) is 5.86. The molecule has 0 aliphatic heterocycles. The zero-order valence-electron chi connectivity index (χ0n) is 17.1. The first kappa shape index (κ1) is 20.8. The van der Waals surface area contributed by atoms with Crippen LogP contribution in [0.3, 0.4) is 0 Å². The second-order valence-electron chi connectivity index (χ2n) is 8.16. The van der Waals surface area contributed by atoms with Crippen molar-refractivity contribution in [3.63, 3.8) is 0 Å². The summed E-state index contributed by atoms with van der Waals surface area (Å²) in [7, 11) is 0. The Balaban J connectivity index is 1.40. The number of rotatable bonds is 5. The lowest BCUT2D eigenvalue weighted by Crippen LogP contribution is -2.40. The molecule has 7 nitrogen and oxygen atoms in total. The van der Waals surface area contributed by atoms with Crippen LogP contribution in [-0.2, 0) is 24.2 Å². The summed E-state index contributed by atoms with van der Waals surface area (Å²) in [6.07, 6.45) is 12.3. The Hall–Kier alpha value is -2.48. The van der Waals surface area contributed by atoms with E-state index in [0.29, 0.717) is 5.13 Å². The van der Waals surface area contributed by atoms with Crippen LogP contribution in [0.25, 0.3) is 0 Å². The molecule has 2 aromatic rings. The first-order valence-corrected chi connectivity index (χ1v) is 11.7. The molecule has 0 saturated heterocycles. The molecule has 2 aliphatic carbocycles. The van der Waals surface area contributed by atoms with Crippen LogP contribution in [0.4, 0.5) is 5.13 Å². The van der Waals surface area contributed by atoms with Crippen LogP contribution in [-0.4, -0.2) is 27.4 Å². The van der Waals surface area contributed by atoms with E-state index in [1.54, 1.807) is 6.07 Å². The molecule has 30 heavy (non-hydrogen) atoms. The van der Waals surface area contributed by atoms with Gasteiger partial charge in [0.1, 0.15) is 12.1 Å². The number of aryl methyl sites for hydroxylation is 2. The molecule has 0 unspecified atom stereocenters. The van der Waals surface area contributed by atoms with Crippen molar-refractivity contribution in [1.82, 2.24) is 14.9 Å². The van der Waals surface area contributed by atoms with Gasteiger partial charge in [0.15, 0.2) is 5.13 Å². The Labute approximate surface area is 179 Å². The predicted molar refractivity (Wildman–Crippen MR) is 117 cm³/mol. The third-order valence-corrected chi connectivity index (χ3v) is 6.93. The number of pyridine rings is 1. The van der Waals surface area contributed by atoms with Crippen molar-refractivity contribution in [2.75, 3.05) is 5.32 Å². The molecule has 0 aromatic carbocycles. The molecule has 2 amide bonds. The first-order valence-electron chi connectivity index (χ1n) is 10.9. The summed E-state index contributed by atoms with van der Waals surface area (Å²) >= 11 is 1.52. The molecular weight excluding hydrogens is 400 g/mol. The van der Waals surface area contributed by atoms with Gasteiger partial charge in [0.25, 0.3) is 11.5 Å². The smallest absolute Gasteiger partial charge is 0.263 e. The fourth-order valence-electron chi connectivity index (χ4n) is 4.24. The summed E-state index contributed by atoms with van der Waals surface area (Å²) < 4.78 is 1.28. The molecule has 1 fully saturated rings. The zero-order chi connectivity index (χ0) is 20.9. The van der Waals surface area contributed by atoms with Crippen LogP contribution >= 0.6 is 11.3 Å². The molecule has 0 radical (unpaired) electrons. The Kier molecular flexibility index (Phi) is 6.62. The lowest BCUT2D eigenvalue weighted by molar-refractivity contribution is -0.116. The number of amides is 2.